The first-order chi connectivity index (χ1) is 6.66. The lowest BCUT2D eigenvalue weighted by Crippen LogP contribution is -3.05. The largest absolute Gasteiger partial charge is 0.633 e. The van der Waals surface area contributed by atoms with Crippen LogP contribution in [0.15, 0.2) is 23.1 Å². The maximum absolute atomic E-state index is 11.1. The van der Waals surface area contributed by atoms with Crippen molar-refractivity contribution in [3.8, 4) is 0 Å². The maximum atomic E-state index is 11.1. The summed E-state index contributed by atoms with van der Waals surface area (Å²) in [4.78, 5) is 11.0. The molecule has 1 aliphatic heterocycles. The second-order valence-corrected chi connectivity index (χ2v) is 4.07. The van der Waals surface area contributed by atoms with Gasteiger partial charge < -0.3 is 10.3 Å². The van der Waals surface area contributed by atoms with E-state index in [4.69, 9.17) is 0 Å². The van der Waals surface area contributed by atoms with E-state index in [9.17, 15) is 15.3 Å². The molecule has 0 radical (unpaired) electrons. The Morgan fingerprint density at radius 1 is 1.50 bits per heavy atom. The normalized spacial score (nSPS) is 20.2. The van der Waals surface area contributed by atoms with Gasteiger partial charge in [0.1, 0.15) is 12.4 Å². The smallest absolute Gasteiger partial charge is 0.270 e. The second-order valence-electron chi connectivity index (χ2n) is 3.05. The van der Waals surface area contributed by atoms with Crippen molar-refractivity contribution in [3.05, 3.63) is 39.1 Å². The van der Waals surface area contributed by atoms with Gasteiger partial charge in [0.25, 0.3) is 5.69 Å². The van der Waals surface area contributed by atoms with Gasteiger partial charge in [-0.15, -0.1) is 0 Å². The first-order valence-corrected chi connectivity index (χ1v) is 5.07. The summed E-state index contributed by atoms with van der Waals surface area (Å²) in [5, 5.41) is 21.7. The Balaban J connectivity index is 2.37. The molecule has 0 saturated carbocycles. The van der Waals surface area contributed by atoms with Gasteiger partial charge in [-0.1, -0.05) is 11.8 Å². The van der Waals surface area contributed by atoms with Crippen molar-refractivity contribution >= 4 is 17.4 Å². The molecule has 1 aromatic carbocycles. The average Bonchev–Trinajstić information content (AvgIpc) is 2.16. The van der Waals surface area contributed by atoms with Crippen LogP contribution >= 0.6 is 11.8 Å². The number of nitro groups is 1. The number of nitrogens with zero attached hydrogens (tertiary/aromatic N) is 1. The third-order valence-corrected chi connectivity index (χ3v) is 3.21. The van der Waals surface area contributed by atoms with Gasteiger partial charge in [-0.25, -0.2) is 0 Å². The molecule has 14 heavy (non-hydrogen) atoms. The Hall–Kier alpha value is -1.11. The van der Waals surface area contributed by atoms with Crippen molar-refractivity contribution in [2.75, 3.05) is 5.88 Å². The highest BCUT2D eigenvalue weighted by atomic mass is 32.2. The predicted molar refractivity (Wildman–Crippen MR) is 51.9 cm³/mol. The van der Waals surface area contributed by atoms with Gasteiger partial charge in [-0.3, -0.25) is 10.1 Å². The van der Waals surface area contributed by atoms with Crippen molar-refractivity contribution in [1.29, 1.82) is 0 Å². The fourth-order valence-corrected chi connectivity index (χ4v) is 2.28. The van der Waals surface area contributed by atoms with Gasteiger partial charge in [0, 0.05) is 22.6 Å². The van der Waals surface area contributed by atoms with Gasteiger partial charge in [-0.05, 0) is 6.07 Å². The highest BCUT2D eigenvalue weighted by molar-refractivity contribution is 7.99. The molecule has 0 fully saturated rings. The number of hydroxylamine groups is 2. The molecule has 1 aliphatic rings. The van der Waals surface area contributed by atoms with E-state index in [1.165, 1.54) is 23.9 Å². The van der Waals surface area contributed by atoms with E-state index in [-0.39, 0.29) is 10.8 Å². The summed E-state index contributed by atoms with van der Waals surface area (Å²) in [6, 6.07) is 4.67. The van der Waals surface area contributed by atoms with Crippen molar-refractivity contribution < 1.29 is 9.99 Å². The molecule has 1 heterocycles. The van der Waals surface area contributed by atoms with Crippen LogP contribution in [-0.4, -0.2) is 10.8 Å². The average molecular weight is 212 g/mol. The van der Waals surface area contributed by atoms with Gasteiger partial charge >= 0.3 is 0 Å². The lowest BCUT2D eigenvalue weighted by Gasteiger charge is -2.27. The first kappa shape index (κ1) is 9.45. The van der Waals surface area contributed by atoms with Crippen molar-refractivity contribution in [3.63, 3.8) is 0 Å². The predicted octanol–water partition coefficient (Wildman–Crippen LogP) is 0.541. The van der Waals surface area contributed by atoms with Gasteiger partial charge in [-0.2, -0.15) is 0 Å². The molecule has 0 aliphatic carbocycles. The minimum atomic E-state index is -0.440. The molecule has 0 spiro atoms. The van der Waals surface area contributed by atoms with Gasteiger partial charge in [0.15, 0.2) is 0 Å². The number of hydrogen-bond donors (Lipinski definition) is 1. The lowest BCUT2D eigenvalue weighted by atomic mass is 10.2. The third-order valence-electron chi connectivity index (χ3n) is 2.03. The number of nitrogens with one attached hydrogen (secondary N) is 1. The van der Waals surface area contributed by atoms with E-state index in [1.54, 1.807) is 6.07 Å². The molecule has 5 nitrogen and oxygen atoms in total. The number of hydrogen-bond acceptors (Lipinski definition) is 4. The number of quaternary nitrogens is 1. The van der Waals surface area contributed by atoms with Crippen LogP contribution in [0.1, 0.15) is 5.56 Å². The van der Waals surface area contributed by atoms with Gasteiger partial charge in [0.2, 0.25) is 0 Å². The molecule has 2 rings (SSSR count). The minimum absolute atomic E-state index is 0.0547. The molecule has 0 bridgehead atoms. The van der Waals surface area contributed by atoms with E-state index in [0.717, 1.165) is 10.5 Å². The lowest BCUT2D eigenvalue weighted by molar-refractivity contribution is -0.849. The number of fused-ring (bicyclic) bond motifs is 1. The summed E-state index contributed by atoms with van der Waals surface area (Å²) in [5.41, 5.74) is 0.833. The summed E-state index contributed by atoms with van der Waals surface area (Å²) in [7, 11) is 0. The Bertz CT molecular complexity index is 383. The Kier molecular flexibility index (Phi) is 2.40. The topological polar surface area (TPSA) is 70.6 Å². The molecule has 6 heteroatoms. The molecular weight excluding hydrogens is 204 g/mol. The standard InChI is InChI=1S/C8H8N2O3S/c11-9-4-6-3-7(10(12)13)1-2-8(6)14-5-9/h1-3,9H,4-5H2. The molecule has 1 N–H and O–H groups in total. The van der Waals surface area contributed by atoms with Crippen LogP contribution in [-0.2, 0) is 6.54 Å². The van der Waals surface area contributed by atoms with E-state index in [2.05, 4.69) is 0 Å². The Morgan fingerprint density at radius 3 is 3.00 bits per heavy atom. The summed E-state index contributed by atoms with van der Waals surface area (Å²) in [6.07, 6.45) is 0. The fraction of sp³-hybridized carbons (Fsp3) is 0.250. The number of benzene rings is 1. The van der Waals surface area contributed by atoms with Crippen LogP contribution in [0, 0.1) is 15.3 Å². The number of rotatable bonds is 1. The van der Waals surface area contributed by atoms with Crippen molar-refractivity contribution in [2.24, 2.45) is 0 Å². The Morgan fingerprint density at radius 2 is 2.29 bits per heavy atom. The highest BCUT2D eigenvalue weighted by Gasteiger charge is 2.17. The maximum Gasteiger partial charge on any atom is 0.270 e. The first-order valence-electron chi connectivity index (χ1n) is 4.08. The van der Waals surface area contributed by atoms with Crippen LogP contribution in [0.2, 0.25) is 0 Å². The van der Waals surface area contributed by atoms with Crippen LogP contribution < -0.4 is 5.06 Å². The molecule has 1 atom stereocenters. The Labute approximate surface area is 84.4 Å². The van der Waals surface area contributed by atoms with E-state index in [1.807, 2.05) is 0 Å². The minimum Gasteiger partial charge on any atom is -0.633 e. The molecule has 0 aromatic heterocycles. The van der Waals surface area contributed by atoms with Crippen LogP contribution in [0.4, 0.5) is 5.69 Å². The molecule has 74 valence electrons. The van der Waals surface area contributed by atoms with Crippen LogP contribution in [0.5, 0.6) is 0 Å². The molecule has 1 aromatic rings. The third kappa shape index (κ3) is 1.72. The highest BCUT2D eigenvalue weighted by Crippen LogP contribution is 2.27. The van der Waals surface area contributed by atoms with E-state index >= 15 is 0 Å². The molecule has 0 amide bonds. The molecule has 0 saturated heterocycles. The summed E-state index contributed by atoms with van der Waals surface area (Å²) in [5.74, 6) is 0.477. The summed E-state index contributed by atoms with van der Waals surface area (Å²) < 4.78 is 0. The number of non-ortho nitro benzene ring substituents is 1. The zero-order valence-corrected chi connectivity index (χ0v) is 8.04. The quantitative estimate of drug-likeness (QED) is 0.419. The number of nitro benzene ring substituents is 1. The molecule has 1 unspecified atom stereocenters. The van der Waals surface area contributed by atoms with Crippen molar-refractivity contribution in [2.45, 2.75) is 11.4 Å². The van der Waals surface area contributed by atoms with E-state index in [0.29, 0.717) is 12.4 Å². The zero-order valence-electron chi connectivity index (χ0n) is 7.23. The summed E-state index contributed by atoms with van der Waals surface area (Å²) >= 11 is 1.45. The second kappa shape index (κ2) is 3.56. The number of thioether (sulfide) groups is 1. The van der Waals surface area contributed by atoms with Crippen LogP contribution in [0.3, 0.4) is 0 Å². The van der Waals surface area contributed by atoms with Crippen LogP contribution in [0.25, 0.3) is 0 Å². The molecular formula is C8H8N2O3S. The summed E-state index contributed by atoms with van der Waals surface area (Å²) in [6.45, 7) is 0.323. The van der Waals surface area contributed by atoms with E-state index < -0.39 is 4.92 Å². The van der Waals surface area contributed by atoms with Crippen molar-refractivity contribution in [1.82, 2.24) is 0 Å². The monoisotopic (exact) mass is 212 g/mol. The fourth-order valence-electron chi connectivity index (χ4n) is 1.38. The zero-order chi connectivity index (χ0) is 10.1. The van der Waals surface area contributed by atoms with Gasteiger partial charge in [0.05, 0.1) is 4.92 Å². The SMILES string of the molecule is O=[N+]([O-])c1ccc2c(c1)C[NH+]([O-])CS2.